The number of methoxy groups -OCH3 is 1. The Morgan fingerprint density at radius 2 is 2.24 bits per heavy atom. The number of carbonyl (C=O) groups is 1. The number of nitrogen functional groups attached to an aromatic ring is 1. The number of rotatable bonds is 2. The molecule has 0 radical (unpaired) electrons. The fourth-order valence-corrected chi connectivity index (χ4v) is 1.56. The topological polar surface area (TPSA) is 109 Å². The molecule has 0 aliphatic carbocycles. The fraction of sp³-hybridized carbons (Fsp3) is 0.125. The van der Waals surface area contributed by atoms with E-state index in [-0.39, 0.29) is 11.6 Å². The van der Waals surface area contributed by atoms with Crippen molar-refractivity contribution in [3.05, 3.63) is 22.8 Å². The summed E-state index contributed by atoms with van der Waals surface area (Å²) in [6.07, 6.45) is 2.72. The summed E-state index contributed by atoms with van der Waals surface area (Å²) in [5, 5.41) is 3.89. The summed E-state index contributed by atoms with van der Waals surface area (Å²) in [6, 6.07) is 0. The minimum atomic E-state index is -0.580. The third-order valence-electron chi connectivity index (χ3n) is 1.82. The van der Waals surface area contributed by atoms with Crippen LogP contribution in [0.25, 0.3) is 5.82 Å². The molecule has 0 unspecified atom stereocenters. The number of anilines is 1. The van der Waals surface area contributed by atoms with Crippen molar-refractivity contribution in [2.75, 3.05) is 12.8 Å². The van der Waals surface area contributed by atoms with Gasteiger partial charge in [-0.3, -0.25) is 4.98 Å². The molecule has 0 atom stereocenters. The van der Waals surface area contributed by atoms with Crippen molar-refractivity contribution < 1.29 is 9.53 Å². The van der Waals surface area contributed by atoms with E-state index in [1.165, 1.54) is 24.2 Å². The molecule has 2 aromatic rings. The highest BCUT2D eigenvalue weighted by Crippen LogP contribution is 2.13. The average molecular weight is 299 g/mol. The van der Waals surface area contributed by atoms with E-state index in [1.807, 2.05) is 0 Å². The molecular formula is C8H7BrN6O2. The van der Waals surface area contributed by atoms with Crippen molar-refractivity contribution in [1.29, 1.82) is 0 Å². The number of hydrogen-bond acceptors (Lipinski definition) is 7. The highest BCUT2D eigenvalue weighted by molar-refractivity contribution is 9.10. The van der Waals surface area contributed by atoms with Crippen LogP contribution in [0.2, 0.25) is 0 Å². The Balaban J connectivity index is 2.46. The van der Waals surface area contributed by atoms with Gasteiger partial charge >= 0.3 is 5.97 Å². The van der Waals surface area contributed by atoms with Gasteiger partial charge in [-0.1, -0.05) is 0 Å². The molecule has 0 bridgehead atoms. The smallest absolute Gasteiger partial charge is 0.358 e. The maximum absolute atomic E-state index is 11.3. The molecule has 8 nitrogen and oxygen atoms in total. The molecule has 0 aromatic carbocycles. The summed E-state index contributed by atoms with van der Waals surface area (Å²) < 4.78 is 6.22. The highest BCUT2D eigenvalue weighted by atomic mass is 79.9. The predicted octanol–water partition coefficient (Wildman–Crippen LogP) is 0.189. The zero-order valence-corrected chi connectivity index (χ0v) is 10.2. The van der Waals surface area contributed by atoms with Gasteiger partial charge in [-0.25, -0.2) is 9.78 Å². The van der Waals surface area contributed by atoms with Crippen molar-refractivity contribution in [3.63, 3.8) is 0 Å². The Hall–Kier alpha value is -2.03. The van der Waals surface area contributed by atoms with Crippen LogP contribution in [0.3, 0.4) is 0 Å². The number of hydrogen-bond donors (Lipinski definition) is 1. The van der Waals surface area contributed by atoms with Crippen molar-refractivity contribution >= 4 is 27.8 Å². The van der Waals surface area contributed by atoms with E-state index >= 15 is 0 Å². The Labute approximate surface area is 104 Å². The number of aromatic nitrogens is 5. The summed E-state index contributed by atoms with van der Waals surface area (Å²) in [7, 11) is 1.26. The molecule has 2 rings (SSSR count). The first-order chi connectivity index (χ1) is 8.11. The molecule has 9 heteroatoms. The van der Waals surface area contributed by atoms with Crippen molar-refractivity contribution in [2.45, 2.75) is 0 Å². The number of nitrogens with zero attached hydrogens (tertiary/aromatic N) is 5. The van der Waals surface area contributed by atoms with E-state index in [4.69, 9.17) is 5.73 Å². The first-order valence-electron chi connectivity index (χ1n) is 4.40. The lowest BCUT2D eigenvalue weighted by Crippen LogP contribution is -2.09. The predicted molar refractivity (Wildman–Crippen MR) is 60.4 cm³/mol. The summed E-state index contributed by atoms with van der Waals surface area (Å²) in [4.78, 5) is 23.0. The number of nitrogens with two attached hydrogens (primary N) is 1. The minimum absolute atomic E-state index is 0.0750. The van der Waals surface area contributed by atoms with Crippen molar-refractivity contribution in [3.8, 4) is 5.82 Å². The molecule has 0 saturated heterocycles. The van der Waals surface area contributed by atoms with Crippen LogP contribution in [0.4, 0.5) is 5.95 Å². The molecule has 2 heterocycles. The van der Waals surface area contributed by atoms with Crippen molar-refractivity contribution in [1.82, 2.24) is 24.7 Å². The van der Waals surface area contributed by atoms with Gasteiger partial charge in [0, 0.05) is 0 Å². The highest BCUT2D eigenvalue weighted by Gasteiger charge is 2.12. The third kappa shape index (κ3) is 2.23. The normalized spacial score (nSPS) is 10.2. The third-order valence-corrected chi connectivity index (χ3v) is 2.33. The maximum atomic E-state index is 11.3. The summed E-state index contributed by atoms with van der Waals surface area (Å²) in [5.41, 5.74) is 5.50. The van der Waals surface area contributed by atoms with Crippen LogP contribution in [0, 0.1) is 0 Å². The van der Waals surface area contributed by atoms with Gasteiger partial charge in [0.1, 0.15) is 0 Å². The molecule has 0 spiro atoms. The van der Waals surface area contributed by atoms with Crippen LogP contribution < -0.4 is 5.73 Å². The largest absolute Gasteiger partial charge is 0.464 e. The van der Waals surface area contributed by atoms with Gasteiger partial charge in [-0.15, -0.1) is 5.10 Å². The monoisotopic (exact) mass is 298 g/mol. The second kappa shape index (κ2) is 4.45. The zero-order chi connectivity index (χ0) is 12.4. The van der Waals surface area contributed by atoms with E-state index < -0.39 is 5.97 Å². The summed E-state index contributed by atoms with van der Waals surface area (Å²) in [6.45, 7) is 0. The zero-order valence-electron chi connectivity index (χ0n) is 8.66. The Kier molecular flexibility index (Phi) is 3.00. The van der Waals surface area contributed by atoms with E-state index in [1.54, 1.807) is 0 Å². The molecular weight excluding hydrogens is 292 g/mol. The molecule has 0 fully saturated rings. The second-order valence-corrected chi connectivity index (χ2v) is 3.61. The summed E-state index contributed by atoms with van der Waals surface area (Å²) >= 11 is 3.16. The number of halogens is 1. The van der Waals surface area contributed by atoms with E-state index in [9.17, 15) is 4.79 Å². The maximum Gasteiger partial charge on any atom is 0.358 e. The van der Waals surface area contributed by atoms with Crippen LogP contribution >= 0.6 is 15.9 Å². The lowest BCUT2D eigenvalue weighted by atomic mass is 10.4. The molecule has 88 valence electrons. The van der Waals surface area contributed by atoms with Crippen molar-refractivity contribution in [2.24, 2.45) is 0 Å². The molecule has 0 saturated carbocycles. The average Bonchev–Trinajstić information content (AvgIpc) is 2.67. The second-order valence-electron chi connectivity index (χ2n) is 2.90. The Morgan fingerprint density at radius 3 is 2.82 bits per heavy atom. The van der Waals surface area contributed by atoms with Crippen LogP contribution in [0.15, 0.2) is 17.1 Å². The summed E-state index contributed by atoms with van der Waals surface area (Å²) in [5.74, 6) is -0.185. The standard InChI is InChI=1S/C8H7BrN6O2/c1-17-6(16)4-2-11-3-5(12-4)15-7(9)13-8(10)14-15/h2-3H,1H3,(H2,10,14). The van der Waals surface area contributed by atoms with E-state index in [0.717, 1.165) is 0 Å². The van der Waals surface area contributed by atoms with Crippen LogP contribution in [-0.2, 0) is 4.74 Å². The Bertz CT molecular complexity index is 569. The molecule has 2 aromatic heterocycles. The van der Waals surface area contributed by atoms with E-state index in [2.05, 4.69) is 40.7 Å². The van der Waals surface area contributed by atoms with Gasteiger partial charge in [0.05, 0.1) is 19.5 Å². The minimum Gasteiger partial charge on any atom is -0.464 e. The van der Waals surface area contributed by atoms with E-state index in [0.29, 0.717) is 10.6 Å². The van der Waals surface area contributed by atoms with Gasteiger partial charge in [-0.05, 0) is 15.9 Å². The van der Waals surface area contributed by atoms with Gasteiger partial charge in [0.15, 0.2) is 11.5 Å². The van der Waals surface area contributed by atoms with Crippen LogP contribution in [-0.4, -0.2) is 37.8 Å². The van der Waals surface area contributed by atoms with Crippen LogP contribution in [0.5, 0.6) is 0 Å². The molecule has 17 heavy (non-hydrogen) atoms. The number of ether oxygens (including phenoxy) is 1. The lowest BCUT2D eigenvalue weighted by Gasteiger charge is -2.02. The first-order valence-corrected chi connectivity index (χ1v) is 5.20. The number of esters is 1. The van der Waals surface area contributed by atoms with Gasteiger partial charge < -0.3 is 10.5 Å². The van der Waals surface area contributed by atoms with Crippen LogP contribution in [0.1, 0.15) is 10.5 Å². The lowest BCUT2D eigenvalue weighted by molar-refractivity contribution is 0.0593. The molecule has 0 aliphatic rings. The van der Waals surface area contributed by atoms with Gasteiger partial charge in [-0.2, -0.15) is 9.67 Å². The first kappa shape index (κ1) is 11.5. The quantitative estimate of drug-likeness (QED) is 0.788. The Morgan fingerprint density at radius 1 is 1.47 bits per heavy atom. The fourth-order valence-electron chi connectivity index (χ4n) is 1.11. The molecule has 0 aliphatic heterocycles. The number of carbonyl (C=O) groups excluding carboxylic acids is 1. The van der Waals surface area contributed by atoms with Gasteiger partial charge in [0.2, 0.25) is 10.7 Å². The SMILES string of the molecule is COC(=O)c1cncc(-n2nc(N)nc2Br)n1. The van der Waals surface area contributed by atoms with Gasteiger partial charge in [0.25, 0.3) is 0 Å². The molecule has 0 amide bonds. The molecule has 2 N–H and O–H groups in total.